The van der Waals surface area contributed by atoms with E-state index >= 15 is 0 Å². The molecule has 0 spiro atoms. The molecule has 0 aliphatic rings. The molecule has 6 heteroatoms. The molecule has 0 atom stereocenters. The third kappa shape index (κ3) is 4.76. The van der Waals surface area contributed by atoms with E-state index in [1.165, 1.54) is 0 Å². The molecule has 3 N–H and O–H groups in total. The van der Waals surface area contributed by atoms with Gasteiger partial charge in [-0.2, -0.15) is 5.26 Å². The van der Waals surface area contributed by atoms with Crippen LogP contribution in [0.2, 0.25) is 0 Å². The molecule has 15 heavy (non-hydrogen) atoms. The first-order valence-electron chi connectivity index (χ1n) is 4.69. The molecule has 0 unspecified atom stereocenters. The second kappa shape index (κ2) is 7.50. The molecule has 0 aromatic rings. The minimum absolute atomic E-state index is 0.109. The van der Waals surface area contributed by atoms with Gasteiger partial charge in [0.15, 0.2) is 5.70 Å². The number of hydrogen-bond donors (Lipinski definition) is 3. The number of carbonyl (C=O) groups is 1. The van der Waals surface area contributed by atoms with Crippen LogP contribution in [0.15, 0.2) is 11.5 Å². The molecule has 0 aliphatic carbocycles. The number of rotatable bonds is 5. The smallest absolute Gasteiger partial charge is 0.412 e. The summed E-state index contributed by atoms with van der Waals surface area (Å²) >= 11 is 0. The fourth-order valence-corrected chi connectivity index (χ4v) is 0.894. The van der Waals surface area contributed by atoms with Crippen molar-refractivity contribution in [3.63, 3.8) is 0 Å². The molecule has 0 rings (SSSR count). The van der Waals surface area contributed by atoms with Crippen molar-refractivity contribution in [1.82, 2.24) is 16.0 Å². The maximum absolute atomic E-state index is 11.1. The number of carbonyl (C=O) groups excluding carboxylic acids is 1. The minimum Gasteiger partial charge on any atom is -0.450 e. The standard InChI is InChI=1S/C9H16N4O2/c1-4-12-8(11-3)7(6-10)13-9(14)15-5-2/h11-12H,4-5H2,1-3H3,(H,13,14)/b8-7+. The Bertz CT molecular complexity index is 280. The number of hydrogen-bond acceptors (Lipinski definition) is 5. The van der Waals surface area contributed by atoms with E-state index in [1.807, 2.05) is 13.0 Å². The summed E-state index contributed by atoms with van der Waals surface area (Å²) in [5.41, 5.74) is 0.109. The second-order valence-corrected chi connectivity index (χ2v) is 2.49. The molecule has 6 nitrogen and oxygen atoms in total. The predicted octanol–water partition coefficient (Wildman–Crippen LogP) is 0.254. The fraction of sp³-hybridized carbons (Fsp3) is 0.556. The lowest BCUT2D eigenvalue weighted by atomic mass is 10.4. The van der Waals surface area contributed by atoms with Crippen molar-refractivity contribution < 1.29 is 9.53 Å². The highest BCUT2D eigenvalue weighted by molar-refractivity contribution is 5.70. The lowest BCUT2D eigenvalue weighted by Crippen LogP contribution is -2.32. The maximum Gasteiger partial charge on any atom is 0.412 e. The molecule has 0 aliphatic heterocycles. The van der Waals surface area contributed by atoms with Crippen molar-refractivity contribution >= 4 is 6.09 Å². The normalized spacial score (nSPS) is 10.8. The average molecular weight is 212 g/mol. The molecular formula is C9H16N4O2. The van der Waals surface area contributed by atoms with Crippen LogP contribution in [-0.4, -0.2) is 26.3 Å². The van der Waals surface area contributed by atoms with Crippen LogP contribution in [0.4, 0.5) is 4.79 Å². The Kier molecular flexibility index (Phi) is 6.55. The van der Waals surface area contributed by atoms with Gasteiger partial charge in [0.05, 0.1) is 6.61 Å². The fourth-order valence-electron chi connectivity index (χ4n) is 0.894. The van der Waals surface area contributed by atoms with Crippen LogP contribution in [0.3, 0.4) is 0 Å². The topological polar surface area (TPSA) is 86.2 Å². The molecule has 0 aromatic carbocycles. The van der Waals surface area contributed by atoms with E-state index in [1.54, 1.807) is 14.0 Å². The summed E-state index contributed by atoms with van der Waals surface area (Å²) < 4.78 is 4.66. The number of amides is 1. The first-order chi connectivity index (χ1) is 7.19. The van der Waals surface area contributed by atoms with Crippen LogP contribution >= 0.6 is 0 Å². The van der Waals surface area contributed by atoms with Crippen LogP contribution in [-0.2, 0) is 4.74 Å². The Morgan fingerprint density at radius 2 is 2.13 bits per heavy atom. The van der Waals surface area contributed by atoms with Crippen LogP contribution < -0.4 is 16.0 Å². The van der Waals surface area contributed by atoms with Crippen molar-refractivity contribution in [2.24, 2.45) is 0 Å². The Hall–Kier alpha value is -1.90. The van der Waals surface area contributed by atoms with E-state index in [9.17, 15) is 4.79 Å². The predicted molar refractivity (Wildman–Crippen MR) is 55.5 cm³/mol. The average Bonchev–Trinajstić information content (AvgIpc) is 2.23. The van der Waals surface area contributed by atoms with Gasteiger partial charge in [-0.3, -0.25) is 5.32 Å². The van der Waals surface area contributed by atoms with Gasteiger partial charge in [-0.25, -0.2) is 4.79 Å². The van der Waals surface area contributed by atoms with Crippen molar-refractivity contribution in [3.8, 4) is 6.07 Å². The summed E-state index contributed by atoms with van der Waals surface area (Å²) in [6.45, 7) is 4.49. The lowest BCUT2D eigenvalue weighted by molar-refractivity contribution is 0.155. The Balaban J connectivity index is 4.58. The van der Waals surface area contributed by atoms with Gasteiger partial charge in [-0.05, 0) is 13.8 Å². The molecule has 0 radical (unpaired) electrons. The van der Waals surface area contributed by atoms with Gasteiger partial charge in [0.2, 0.25) is 0 Å². The van der Waals surface area contributed by atoms with E-state index in [0.717, 1.165) is 0 Å². The van der Waals surface area contributed by atoms with Crippen LogP contribution in [0, 0.1) is 11.3 Å². The van der Waals surface area contributed by atoms with Gasteiger partial charge in [0, 0.05) is 13.6 Å². The second-order valence-electron chi connectivity index (χ2n) is 2.49. The zero-order chi connectivity index (χ0) is 11.7. The van der Waals surface area contributed by atoms with Crippen LogP contribution in [0.1, 0.15) is 13.8 Å². The molecule has 1 amide bonds. The summed E-state index contributed by atoms with van der Waals surface area (Å²) in [6.07, 6.45) is -0.639. The highest BCUT2D eigenvalue weighted by atomic mass is 16.5. The monoisotopic (exact) mass is 212 g/mol. The summed E-state index contributed by atoms with van der Waals surface area (Å²) in [5, 5.41) is 16.8. The van der Waals surface area contributed by atoms with Gasteiger partial charge >= 0.3 is 6.09 Å². The molecule has 0 fully saturated rings. The molecule has 0 saturated carbocycles. The van der Waals surface area contributed by atoms with E-state index in [-0.39, 0.29) is 12.3 Å². The van der Waals surface area contributed by atoms with Gasteiger partial charge in [-0.1, -0.05) is 0 Å². The maximum atomic E-state index is 11.1. The zero-order valence-electron chi connectivity index (χ0n) is 9.18. The van der Waals surface area contributed by atoms with E-state index in [2.05, 4.69) is 20.7 Å². The molecule has 0 heterocycles. The number of allylic oxidation sites excluding steroid dienone is 1. The zero-order valence-corrected chi connectivity index (χ0v) is 9.18. The Labute approximate surface area is 89.3 Å². The van der Waals surface area contributed by atoms with Crippen LogP contribution in [0.5, 0.6) is 0 Å². The minimum atomic E-state index is -0.639. The van der Waals surface area contributed by atoms with Crippen molar-refractivity contribution in [3.05, 3.63) is 11.5 Å². The number of nitriles is 1. The van der Waals surface area contributed by atoms with Crippen molar-refractivity contribution in [2.45, 2.75) is 13.8 Å². The van der Waals surface area contributed by atoms with Crippen molar-refractivity contribution in [1.29, 1.82) is 5.26 Å². The number of nitrogens with zero attached hydrogens (tertiary/aromatic N) is 1. The summed E-state index contributed by atoms with van der Waals surface area (Å²) in [4.78, 5) is 11.1. The third-order valence-corrected chi connectivity index (χ3v) is 1.47. The van der Waals surface area contributed by atoms with Gasteiger partial charge in [0.25, 0.3) is 0 Å². The Morgan fingerprint density at radius 1 is 1.47 bits per heavy atom. The molecule has 0 bridgehead atoms. The van der Waals surface area contributed by atoms with E-state index in [0.29, 0.717) is 12.4 Å². The van der Waals surface area contributed by atoms with Crippen molar-refractivity contribution in [2.75, 3.05) is 20.2 Å². The highest BCUT2D eigenvalue weighted by Crippen LogP contribution is 1.93. The van der Waals surface area contributed by atoms with E-state index in [4.69, 9.17) is 5.26 Å². The van der Waals surface area contributed by atoms with Gasteiger partial charge in [-0.15, -0.1) is 0 Å². The quantitative estimate of drug-likeness (QED) is 0.569. The lowest BCUT2D eigenvalue weighted by Gasteiger charge is -2.11. The highest BCUT2D eigenvalue weighted by Gasteiger charge is 2.08. The Morgan fingerprint density at radius 3 is 2.53 bits per heavy atom. The van der Waals surface area contributed by atoms with Gasteiger partial charge < -0.3 is 15.4 Å². The largest absolute Gasteiger partial charge is 0.450 e. The number of nitrogens with one attached hydrogen (secondary N) is 3. The van der Waals surface area contributed by atoms with E-state index < -0.39 is 6.09 Å². The summed E-state index contributed by atoms with van der Waals surface area (Å²) in [6, 6.07) is 1.87. The number of alkyl carbamates (subject to hydrolysis) is 1. The molecule has 0 aromatic heterocycles. The summed E-state index contributed by atoms with van der Waals surface area (Å²) in [5.74, 6) is 0.466. The number of ether oxygens (including phenoxy) is 1. The van der Waals surface area contributed by atoms with Crippen LogP contribution in [0.25, 0.3) is 0 Å². The molecule has 84 valence electrons. The SMILES string of the molecule is CCN/C(NC)=C(\C#N)NC(=O)OCC. The van der Waals surface area contributed by atoms with Gasteiger partial charge in [0.1, 0.15) is 11.9 Å². The molecule has 0 saturated heterocycles. The first-order valence-corrected chi connectivity index (χ1v) is 4.69. The first kappa shape index (κ1) is 13.1. The summed E-state index contributed by atoms with van der Waals surface area (Å²) in [7, 11) is 1.65. The third-order valence-electron chi connectivity index (χ3n) is 1.47. The molecular weight excluding hydrogens is 196 g/mol.